The van der Waals surface area contributed by atoms with Crippen LogP contribution in [0.25, 0.3) is 0 Å². The fourth-order valence-electron chi connectivity index (χ4n) is 0.713. The Hall–Kier alpha value is -0.330. The first-order valence-electron chi connectivity index (χ1n) is 4.83. The first kappa shape index (κ1) is 11.7. The maximum Gasteiger partial charge on any atom is 0.0574 e. The molecule has 0 rings (SSSR count). The molecule has 0 amide bonds. The summed E-state index contributed by atoms with van der Waals surface area (Å²) in [5.74, 6) is 1.18. The van der Waals surface area contributed by atoms with E-state index in [4.69, 9.17) is 4.99 Å². The summed E-state index contributed by atoms with van der Waals surface area (Å²) in [6.45, 7) is 15.3. The molecule has 0 unspecified atom stereocenters. The Morgan fingerprint density at radius 3 is 1.75 bits per heavy atom. The minimum Gasteiger partial charge on any atom is -0.288 e. The summed E-state index contributed by atoms with van der Waals surface area (Å²) in [6, 6.07) is 0. The van der Waals surface area contributed by atoms with Crippen LogP contribution in [-0.2, 0) is 0 Å². The number of nitrogens with zero attached hydrogens (tertiary/aromatic N) is 1. The molecule has 1 heteroatoms. The quantitative estimate of drug-likeness (QED) is 0.573. The smallest absolute Gasteiger partial charge is 0.0574 e. The van der Waals surface area contributed by atoms with Crippen molar-refractivity contribution in [3.8, 4) is 0 Å². The molecule has 0 aliphatic heterocycles. The summed E-state index contributed by atoms with van der Waals surface area (Å²) >= 11 is 0. The molecule has 1 nitrogen and oxygen atoms in total. The van der Waals surface area contributed by atoms with Crippen LogP contribution in [0, 0.1) is 11.8 Å². The van der Waals surface area contributed by atoms with Crippen LogP contribution in [0.2, 0.25) is 0 Å². The zero-order valence-electron chi connectivity index (χ0n) is 9.60. The molecule has 0 saturated heterocycles. The predicted octanol–water partition coefficient (Wildman–Crippen LogP) is 3.54. The van der Waals surface area contributed by atoms with Gasteiger partial charge in [-0.15, -0.1) is 0 Å². The number of hydrogen-bond donors (Lipinski definition) is 0. The van der Waals surface area contributed by atoms with Crippen molar-refractivity contribution >= 4 is 5.71 Å². The largest absolute Gasteiger partial charge is 0.288 e. The van der Waals surface area contributed by atoms with Gasteiger partial charge in [0.2, 0.25) is 0 Å². The number of aliphatic imine (C=N–C) groups is 1. The Bertz CT molecular complexity index is 164. The first-order valence-corrected chi connectivity index (χ1v) is 4.83. The Balaban J connectivity index is 4.50. The highest BCUT2D eigenvalue weighted by molar-refractivity contribution is 5.84. The van der Waals surface area contributed by atoms with E-state index in [-0.39, 0.29) is 5.54 Å². The highest BCUT2D eigenvalue weighted by Crippen LogP contribution is 2.21. The fraction of sp³-hybridized carbons (Fsp3) is 0.909. The summed E-state index contributed by atoms with van der Waals surface area (Å²) in [6.07, 6.45) is 0. The van der Waals surface area contributed by atoms with Gasteiger partial charge in [0.05, 0.1) is 5.54 Å². The molecule has 0 aromatic rings. The van der Waals surface area contributed by atoms with Crippen LogP contribution in [-0.4, -0.2) is 11.3 Å². The van der Waals surface area contributed by atoms with Crippen LogP contribution < -0.4 is 0 Å². The number of rotatable bonds is 3. The van der Waals surface area contributed by atoms with E-state index in [1.807, 2.05) is 0 Å². The van der Waals surface area contributed by atoms with Gasteiger partial charge in [0, 0.05) is 5.71 Å². The van der Waals surface area contributed by atoms with E-state index in [1.165, 1.54) is 5.71 Å². The monoisotopic (exact) mass is 169 g/mol. The van der Waals surface area contributed by atoms with Crippen molar-refractivity contribution in [2.45, 2.75) is 54.0 Å². The molecule has 0 atom stereocenters. The van der Waals surface area contributed by atoms with Crippen LogP contribution in [0.4, 0.5) is 0 Å². The van der Waals surface area contributed by atoms with Gasteiger partial charge in [0.1, 0.15) is 0 Å². The molecule has 12 heavy (non-hydrogen) atoms. The molecule has 0 aliphatic rings. The second-order valence-electron chi connectivity index (χ2n) is 4.72. The summed E-state index contributed by atoms with van der Waals surface area (Å²) in [5, 5.41) is 0. The average molecular weight is 169 g/mol. The van der Waals surface area contributed by atoms with Crippen LogP contribution in [0.15, 0.2) is 4.99 Å². The Kier molecular flexibility index (Phi) is 3.95. The maximum absolute atomic E-state index is 4.72. The maximum atomic E-state index is 4.72. The summed E-state index contributed by atoms with van der Waals surface area (Å²) < 4.78 is 0. The van der Waals surface area contributed by atoms with E-state index in [2.05, 4.69) is 48.5 Å². The predicted molar refractivity (Wildman–Crippen MR) is 56.9 cm³/mol. The van der Waals surface area contributed by atoms with E-state index in [0.717, 1.165) is 0 Å². The summed E-state index contributed by atoms with van der Waals surface area (Å²) in [5.41, 5.74) is 1.35. The van der Waals surface area contributed by atoms with Crippen LogP contribution in [0.5, 0.6) is 0 Å². The van der Waals surface area contributed by atoms with E-state index in [0.29, 0.717) is 11.8 Å². The van der Waals surface area contributed by atoms with Crippen molar-refractivity contribution in [1.82, 2.24) is 0 Å². The van der Waals surface area contributed by atoms with Crippen molar-refractivity contribution in [3.63, 3.8) is 0 Å². The molecular weight excluding hydrogens is 146 g/mol. The molecule has 0 spiro atoms. The van der Waals surface area contributed by atoms with Gasteiger partial charge >= 0.3 is 0 Å². The Morgan fingerprint density at radius 2 is 1.50 bits per heavy atom. The van der Waals surface area contributed by atoms with Crippen molar-refractivity contribution in [3.05, 3.63) is 0 Å². The van der Waals surface area contributed by atoms with Crippen LogP contribution >= 0.6 is 0 Å². The van der Waals surface area contributed by atoms with Crippen LogP contribution in [0.1, 0.15) is 48.5 Å². The third-order valence-corrected chi connectivity index (χ3v) is 2.71. The summed E-state index contributed by atoms with van der Waals surface area (Å²) in [7, 11) is 0. The van der Waals surface area contributed by atoms with Crippen LogP contribution in [0.3, 0.4) is 0 Å². The zero-order valence-corrected chi connectivity index (χ0v) is 9.60. The number of hydrogen-bond acceptors (Lipinski definition) is 1. The standard InChI is InChI=1S/C11H23N/c1-8(2)10(5)12-11(6,7)9(3)4/h8-9H,1-7H3. The Labute approximate surface area is 77.3 Å². The molecule has 0 radical (unpaired) electrons. The van der Waals surface area contributed by atoms with Gasteiger partial charge in [-0.25, -0.2) is 0 Å². The first-order chi connectivity index (χ1) is 5.27. The summed E-state index contributed by atoms with van der Waals surface area (Å²) in [4.78, 5) is 4.72. The van der Waals surface area contributed by atoms with E-state index < -0.39 is 0 Å². The van der Waals surface area contributed by atoms with Gasteiger partial charge < -0.3 is 0 Å². The van der Waals surface area contributed by atoms with Crippen molar-refractivity contribution in [2.24, 2.45) is 16.8 Å². The molecular formula is C11H23N. The third-order valence-electron chi connectivity index (χ3n) is 2.71. The molecule has 0 fully saturated rings. The average Bonchev–Trinajstić information content (AvgIpc) is 1.85. The van der Waals surface area contributed by atoms with Gasteiger partial charge in [0.25, 0.3) is 0 Å². The highest BCUT2D eigenvalue weighted by atomic mass is 14.9. The topological polar surface area (TPSA) is 12.4 Å². The van der Waals surface area contributed by atoms with Gasteiger partial charge in [-0.1, -0.05) is 27.7 Å². The highest BCUT2D eigenvalue weighted by Gasteiger charge is 2.21. The molecule has 0 aromatic carbocycles. The van der Waals surface area contributed by atoms with Gasteiger partial charge in [-0.05, 0) is 32.6 Å². The van der Waals surface area contributed by atoms with Gasteiger partial charge in [-0.2, -0.15) is 0 Å². The van der Waals surface area contributed by atoms with E-state index in [1.54, 1.807) is 0 Å². The second kappa shape index (κ2) is 4.06. The molecule has 0 N–H and O–H groups in total. The lowest BCUT2D eigenvalue weighted by Gasteiger charge is -2.26. The molecule has 0 heterocycles. The van der Waals surface area contributed by atoms with Crippen molar-refractivity contribution < 1.29 is 0 Å². The zero-order chi connectivity index (χ0) is 9.94. The molecule has 0 aromatic heterocycles. The molecule has 0 bridgehead atoms. The normalized spacial score (nSPS) is 14.6. The third kappa shape index (κ3) is 3.38. The lowest BCUT2D eigenvalue weighted by atomic mass is 9.91. The lowest BCUT2D eigenvalue weighted by molar-refractivity contribution is 0.375. The van der Waals surface area contributed by atoms with Gasteiger partial charge in [0.15, 0.2) is 0 Å². The van der Waals surface area contributed by atoms with E-state index in [9.17, 15) is 0 Å². The molecule has 72 valence electrons. The minimum atomic E-state index is 0.0916. The van der Waals surface area contributed by atoms with E-state index >= 15 is 0 Å². The SMILES string of the molecule is CC(=NC(C)(C)C(C)C)C(C)C. The van der Waals surface area contributed by atoms with Crippen molar-refractivity contribution in [1.29, 1.82) is 0 Å². The molecule has 0 saturated carbocycles. The van der Waals surface area contributed by atoms with Gasteiger partial charge in [-0.3, -0.25) is 4.99 Å². The van der Waals surface area contributed by atoms with Crippen molar-refractivity contribution in [2.75, 3.05) is 0 Å². The fourth-order valence-corrected chi connectivity index (χ4v) is 0.713. The second-order valence-corrected chi connectivity index (χ2v) is 4.72. The lowest BCUT2D eigenvalue weighted by Crippen LogP contribution is -2.26. The Morgan fingerprint density at radius 1 is 1.08 bits per heavy atom. The molecule has 0 aliphatic carbocycles. The minimum absolute atomic E-state index is 0.0916.